The summed E-state index contributed by atoms with van der Waals surface area (Å²) < 4.78 is 10.5. The maximum absolute atomic E-state index is 11.6. The quantitative estimate of drug-likeness (QED) is 0.560. The first-order valence-corrected chi connectivity index (χ1v) is 6.81. The Kier molecular flexibility index (Phi) is 6.63. The molecule has 5 nitrogen and oxygen atoms in total. The third kappa shape index (κ3) is 5.47. The van der Waals surface area contributed by atoms with Crippen molar-refractivity contribution in [3.05, 3.63) is 12.2 Å². The second kappa shape index (κ2) is 7.99. The Morgan fingerprint density at radius 1 is 1.26 bits per heavy atom. The molecule has 1 unspecified atom stereocenters. The van der Waals surface area contributed by atoms with Gasteiger partial charge in [0.15, 0.2) is 0 Å². The fraction of sp³-hybridized carbons (Fsp3) is 0.692. The molecule has 0 aromatic heterocycles. The average Bonchev–Trinajstić information content (AvgIpc) is 2.32. The zero-order valence-electron chi connectivity index (χ0n) is 11.9. The van der Waals surface area contributed by atoms with Crippen LogP contribution in [0.5, 0.6) is 0 Å². The molecular weight excluding hydrogens is 245 g/mol. The number of likely N-dealkylation sites (N-methyl/N-ethyl adjacent to an activating group) is 1. The first-order chi connectivity index (χ1) is 9.06. The van der Waals surface area contributed by atoms with E-state index in [1.807, 2.05) is 19.1 Å². The second-order valence-corrected chi connectivity index (χ2v) is 4.81. The first-order valence-electron chi connectivity index (χ1n) is 6.81. The smallest absolute Gasteiger partial charge is 0.498 e. The molecule has 1 heterocycles. The molecule has 0 aliphatic carbocycles. The number of allylic oxidation sites excluding steroid dienone is 2. The number of carbonyl (C=O) groups excluding carboxylic acids is 2. The van der Waals surface area contributed by atoms with E-state index in [2.05, 4.69) is 6.92 Å². The lowest BCUT2D eigenvalue weighted by molar-refractivity contribution is -0.145. The highest BCUT2D eigenvalue weighted by molar-refractivity contribution is 6.51. The van der Waals surface area contributed by atoms with Gasteiger partial charge in [-0.05, 0) is 19.9 Å². The number of nitrogens with zero attached hydrogens (tertiary/aromatic N) is 1. The maximum atomic E-state index is 11.6. The van der Waals surface area contributed by atoms with E-state index in [0.29, 0.717) is 0 Å². The Hall–Kier alpha value is -1.30. The zero-order valence-corrected chi connectivity index (χ0v) is 11.9. The second-order valence-electron chi connectivity index (χ2n) is 4.81. The van der Waals surface area contributed by atoms with E-state index in [1.165, 1.54) is 0 Å². The molecule has 0 spiro atoms. The average molecular weight is 267 g/mol. The molecule has 0 aromatic carbocycles. The molecular formula is C13H22BNO4. The van der Waals surface area contributed by atoms with Crippen molar-refractivity contribution >= 4 is 19.1 Å². The number of carbonyl (C=O) groups is 2. The van der Waals surface area contributed by atoms with E-state index >= 15 is 0 Å². The molecule has 0 saturated carbocycles. The number of hydrogen-bond donors (Lipinski definition) is 0. The van der Waals surface area contributed by atoms with Gasteiger partial charge in [0, 0.05) is 5.82 Å². The summed E-state index contributed by atoms with van der Waals surface area (Å²) in [6.45, 7) is 4.30. The fourth-order valence-corrected chi connectivity index (χ4v) is 1.89. The van der Waals surface area contributed by atoms with Crippen molar-refractivity contribution < 1.29 is 18.9 Å². The summed E-state index contributed by atoms with van der Waals surface area (Å²) in [6.07, 6.45) is 6.79. The topological polar surface area (TPSA) is 55.8 Å². The number of unbranched alkanes of at least 4 members (excludes halogenated alkanes) is 1. The van der Waals surface area contributed by atoms with Crippen LogP contribution in [0.3, 0.4) is 0 Å². The highest BCUT2D eigenvalue weighted by Gasteiger charge is 2.37. The molecule has 19 heavy (non-hydrogen) atoms. The summed E-state index contributed by atoms with van der Waals surface area (Å²) in [4.78, 5) is 24.8. The minimum atomic E-state index is -0.799. The Labute approximate surface area is 115 Å². The summed E-state index contributed by atoms with van der Waals surface area (Å²) in [6, 6.07) is 0. The molecule has 0 amide bonds. The van der Waals surface area contributed by atoms with Crippen molar-refractivity contribution in [2.45, 2.75) is 38.9 Å². The number of rotatable bonds is 5. The summed E-state index contributed by atoms with van der Waals surface area (Å²) >= 11 is 0. The summed E-state index contributed by atoms with van der Waals surface area (Å²) in [7, 11) is 0.883. The van der Waals surface area contributed by atoms with E-state index in [9.17, 15) is 9.59 Å². The summed E-state index contributed by atoms with van der Waals surface area (Å²) in [5.41, 5.74) is 0. The Bertz CT molecular complexity index is 326. The fourth-order valence-electron chi connectivity index (χ4n) is 1.89. The van der Waals surface area contributed by atoms with Crippen LogP contribution < -0.4 is 0 Å². The lowest BCUT2D eigenvalue weighted by Gasteiger charge is -2.25. The van der Waals surface area contributed by atoms with Gasteiger partial charge in [-0.1, -0.05) is 32.4 Å². The SMILES string of the molecule is CCCC=CC(CC)B1OC(=O)CN(C)CC(=O)O1. The van der Waals surface area contributed by atoms with Gasteiger partial charge in [0.05, 0.1) is 13.1 Å². The van der Waals surface area contributed by atoms with Crippen molar-refractivity contribution in [2.24, 2.45) is 0 Å². The predicted octanol–water partition coefficient (Wildman–Crippen LogP) is 1.64. The summed E-state index contributed by atoms with van der Waals surface area (Å²) in [5, 5.41) is 0. The molecule has 1 rings (SSSR count). The number of hydrogen-bond acceptors (Lipinski definition) is 5. The van der Waals surface area contributed by atoms with Crippen molar-refractivity contribution in [1.29, 1.82) is 0 Å². The van der Waals surface area contributed by atoms with E-state index in [4.69, 9.17) is 9.31 Å². The van der Waals surface area contributed by atoms with Crippen molar-refractivity contribution in [2.75, 3.05) is 20.1 Å². The highest BCUT2D eigenvalue weighted by Crippen LogP contribution is 2.21. The van der Waals surface area contributed by atoms with Gasteiger partial charge < -0.3 is 9.31 Å². The Morgan fingerprint density at radius 2 is 1.84 bits per heavy atom. The zero-order chi connectivity index (χ0) is 14.3. The van der Waals surface area contributed by atoms with Crippen LogP contribution in [-0.2, 0) is 18.9 Å². The van der Waals surface area contributed by atoms with Gasteiger partial charge in [-0.25, -0.2) is 0 Å². The predicted molar refractivity (Wildman–Crippen MR) is 73.5 cm³/mol. The molecule has 6 heteroatoms. The van der Waals surface area contributed by atoms with Crippen LogP contribution in [0.2, 0.25) is 5.82 Å². The summed E-state index contributed by atoms with van der Waals surface area (Å²) in [5.74, 6) is -0.799. The largest absolute Gasteiger partial charge is 0.605 e. The van der Waals surface area contributed by atoms with E-state index in [0.717, 1.165) is 19.3 Å². The molecule has 0 bridgehead atoms. The lowest BCUT2D eigenvalue weighted by atomic mass is 9.69. The van der Waals surface area contributed by atoms with Crippen LogP contribution >= 0.6 is 0 Å². The third-order valence-corrected chi connectivity index (χ3v) is 2.95. The molecule has 0 N–H and O–H groups in total. The Morgan fingerprint density at radius 3 is 2.32 bits per heavy atom. The first kappa shape index (κ1) is 15.8. The van der Waals surface area contributed by atoms with Gasteiger partial charge in [-0.2, -0.15) is 0 Å². The van der Waals surface area contributed by atoms with E-state index < -0.39 is 7.12 Å². The van der Waals surface area contributed by atoms with Gasteiger partial charge in [0.25, 0.3) is 0 Å². The highest BCUT2D eigenvalue weighted by atomic mass is 16.6. The van der Waals surface area contributed by atoms with Gasteiger partial charge in [0.2, 0.25) is 0 Å². The van der Waals surface area contributed by atoms with Crippen LogP contribution in [0.25, 0.3) is 0 Å². The van der Waals surface area contributed by atoms with Crippen molar-refractivity contribution in [3.8, 4) is 0 Å². The van der Waals surface area contributed by atoms with Gasteiger partial charge in [0.1, 0.15) is 0 Å². The molecule has 0 aromatic rings. The van der Waals surface area contributed by atoms with Crippen LogP contribution in [0.15, 0.2) is 12.2 Å². The monoisotopic (exact) mass is 267 g/mol. The van der Waals surface area contributed by atoms with Crippen molar-refractivity contribution in [3.63, 3.8) is 0 Å². The minimum absolute atomic E-state index is 0.0807. The van der Waals surface area contributed by atoms with Crippen LogP contribution in [0, 0.1) is 0 Å². The van der Waals surface area contributed by atoms with Crippen LogP contribution in [-0.4, -0.2) is 44.1 Å². The molecule has 1 fully saturated rings. The standard InChI is InChI=1S/C13H22BNO4/c1-4-6-7-8-11(5-2)14-18-12(16)9-15(3)10-13(17)19-14/h7-8,11H,4-6,9-10H2,1-3H3. The van der Waals surface area contributed by atoms with Gasteiger partial charge >= 0.3 is 19.1 Å². The van der Waals surface area contributed by atoms with Crippen LogP contribution in [0.1, 0.15) is 33.1 Å². The molecule has 1 aliphatic heterocycles. The Balaban J connectivity index is 2.71. The third-order valence-electron chi connectivity index (χ3n) is 2.95. The van der Waals surface area contributed by atoms with Crippen LogP contribution in [0.4, 0.5) is 0 Å². The molecule has 106 valence electrons. The minimum Gasteiger partial charge on any atom is -0.498 e. The maximum Gasteiger partial charge on any atom is 0.605 e. The molecule has 1 aliphatic rings. The normalized spacial score (nSPS) is 19.8. The molecule has 1 atom stereocenters. The van der Waals surface area contributed by atoms with Crippen molar-refractivity contribution in [1.82, 2.24) is 4.90 Å². The lowest BCUT2D eigenvalue weighted by Crippen LogP contribution is -2.44. The van der Waals surface area contributed by atoms with E-state index in [1.54, 1.807) is 11.9 Å². The van der Waals surface area contributed by atoms with E-state index in [-0.39, 0.29) is 30.8 Å². The van der Waals surface area contributed by atoms with Gasteiger partial charge in [-0.15, -0.1) is 0 Å². The van der Waals surface area contributed by atoms with Gasteiger partial charge in [-0.3, -0.25) is 14.5 Å². The molecule has 0 radical (unpaired) electrons. The molecule has 1 saturated heterocycles.